The van der Waals surface area contributed by atoms with Gasteiger partial charge in [-0.05, 0) is 19.4 Å². The first-order valence-corrected chi connectivity index (χ1v) is 6.19. The fourth-order valence-electron chi connectivity index (χ4n) is 2.08. The Kier molecular flexibility index (Phi) is 3.69. The summed E-state index contributed by atoms with van der Waals surface area (Å²) < 4.78 is 0. The Morgan fingerprint density at radius 1 is 1.45 bits per heavy atom. The normalized spacial score (nSPS) is 22.4. The monoisotopic (exact) mass is 276 g/mol. The zero-order valence-corrected chi connectivity index (χ0v) is 11.1. The second-order valence-corrected chi connectivity index (χ2v) is 5.08. The van der Waals surface area contributed by atoms with Crippen LogP contribution < -0.4 is 10.6 Å². The topological polar surface area (TPSA) is 109 Å². The number of amides is 1. The molecule has 1 aliphatic heterocycles. The summed E-state index contributed by atoms with van der Waals surface area (Å²) >= 11 is 0. The zero-order valence-electron chi connectivity index (χ0n) is 11.1. The molecule has 0 bridgehead atoms. The Balaban J connectivity index is 2.08. The SMILES string of the molecule is CC1(C(N)=O)CCN(c2ncc(/C=C/C(=O)O)cn2)C1. The van der Waals surface area contributed by atoms with Gasteiger partial charge in [-0.3, -0.25) is 4.79 Å². The van der Waals surface area contributed by atoms with Gasteiger partial charge >= 0.3 is 5.97 Å². The number of carboxylic acids is 1. The maximum atomic E-state index is 11.4. The van der Waals surface area contributed by atoms with Gasteiger partial charge in [0, 0.05) is 37.1 Å². The quantitative estimate of drug-likeness (QED) is 0.764. The molecule has 1 fully saturated rings. The highest BCUT2D eigenvalue weighted by atomic mass is 16.4. The van der Waals surface area contributed by atoms with Crippen molar-refractivity contribution in [2.24, 2.45) is 11.1 Å². The van der Waals surface area contributed by atoms with E-state index in [4.69, 9.17) is 10.8 Å². The van der Waals surface area contributed by atoms with Crippen LogP contribution in [0.15, 0.2) is 18.5 Å². The van der Waals surface area contributed by atoms with Gasteiger partial charge in [0.15, 0.2) is 0 Å². The van der Waals surface area contributed by atoms with Gasteiger partial charge in [0.25, 0.3) is 0 Å². The highest BCUT2D eigenvalue weighted by molar-refractivity contribution is 5.85. The predicted octanol–water partition coefficient (Wildman–Crippen LogP) is 0.276. The van der Waals surface area contributed by atoms with E-state index < -0.39 is 11.4 Å². The van der Waals surface area contributed by atoms with Crippen LogP contribution in [0.25, 0.3) is 6.08 Å². The number of nitrogens with zero attached hydrogens (tertiary/aromatic N) is 3. The van der Waals surface area contributed by atoms with Crippen molar-refractivity contribution < 1.29 is 14.7 Å². The molecule has 106 valence electrons. The standard InChI is InChI=1S/C13H16N4O3/c1-13(11(14)20)4-5-17(8-13)12-15-6-9(7-16-12)2-3-10(18)19/h2-3,6-7H,4-5,8H2,1H3,(H2,14,20)(H,18,19)/b3-2+. The van der Waals surface area contributed by atoms with Crippen molar-refractivity contribution in [3.8, 4) is 0 Å². The van der Waals surface area contributed by atoms with E-state index in [1.807, 2.05) is 11.8 Å². The Labute approximate surface area is 116 Å². The van der Waals surface area contributed by atoms with Crippen LogP contribution >= 0.6 is 0 Å². The van der Waals surface area contributed by atoms with Crippen molar-refractivity contribution in [2.45, 2.75) is 13.3 Å². The van der Waals surface area contributed by atoms with Crippen LogP contribution in [0, 0.1) is 5.41 Å². The van der Waals surface area contributed by atoms with E-state index in [1.165, 1.54) is 6.08 Å². The minimum atomic E-state index is -1.02. The first kappa shape index (κ1) is 14.0. The summed E-state index contributed by atoms with van der Waals surface area (Å²) in [6.45, 7) is 3.00. The number of aromatic nitrogens is 2. The molecule has 1 unspecified atom stereocenters. The average molecular weight is 276 g/mol. The van der Waals surface area contributed by atoms with Crippen molar-refractivity contribution in [1.29, 1.82) is 0 Å². The molecule has 1 aliphatic rings. The van der Waals surface area contributed by atoms with Crippen LogP contribution in [0.2, 0.25) is 0 Å². The van der Waals surface area contributed by atoms with Crippen LogP contribution in [-0.2, 0) is 9.59 Å². The molecule has 1 saturated heterocycles. The summed E-state index contributed by atoms with van der Waals surface area (Å²) in [5.41, 5.74) is 5.45. The van der Waals surface area contributed by atoms with Gasteiger partial charge in [-0.2, -0.15) is 0 Å². The van der Waals surface area contributed by atoms with Gasteiger partial charge in [0.05, 0.1) is 5.41 Å². The number of carbonyl (C=O) groups is 2. The molecule has 1 atom stereocenters. The lowest BCUT2D eigenvalue weighted by Crippen LogP contribution is -2.37. The minimum Gasteiger partial charge on any atom is -0.478 e. The number of primary amides is 1. The third-order valence-electron chi connectivity index (χ3n) is 3.43. The lowest BCUT2D eigenvalue weighted by molar-refractivity contribution is -0.131. The molecule has 0 aliphatic carbocycles. The van der Waals surface area contributed by atoms with Gasteiger partial charge < -0.3 is 15.7 Å². The molecule has 7 nitrogen and oxygen atoms in total. The summed E-state index contributed by atoms with van der Waals surface area (Å²) in [6.07, 6.45) is 6.21. The molecule has 0 radical (unpaired) electrons. The Morgan fingerprint density at radius 3 is 2.60 bits per heavy atom. The van der Waals surface area contributed by atoms with Crippen LogP contribution in [0.1, 0.15) is 18.9 Å². The fraction of sp³-hybridized carbons (Fsp3) is 0.385. The average Bonchev–Trinajstić information content (AvgIpc) is 2.81. The molecular weight excluding hydrogens is 260 g/mol. The van der Waals surface area contributed by atoms with Gasteiger partial charge in [0.2, 0.25) is 11.9 Å². The third-order valence-corrected chi connectivity index (χ3v) is 3.43. The number of hydrogen-bond acceptors (Lipinski definition) is 5. The number of nitrogens with two attached hydrogens (primary N) is 1. The van der Waals surface area contributed by atoms with E-state index in [-0.39, 0.29) is 5.91 Å². The van der Waals surface area contributed by atoms with Crippen LogP contribution in [0.3, 0.4) is 0 Å². The van der Waals surface area contributed by atoms with Crippen molar-refractivity contribution in [3.05, 3.63) is 24.0 Å². The van der Waals surface area contributed by atoms with Gasteiger partial charge in [-0.15, -0.1) is 0 Å². The molecule has 7 heteroatoms. The van der Waals surface area contributed by atoms with E-state index in [0.717, 1.165) is 6.08 Å². The third kappa shape index (κ3) is 2.93. The second-order valence-electron chi connectivity index (χ2n) is 5.08. The van der Waals surface area contributed by atoms with Crippen molar-refractivity contribution >= 4 is 23.9 Å². The molecule has 0 aromatic carbocycles. The van der Waals surface area contributed by atoms with Gasteiger partial charge in [-0.1, -0.05) is 0 Å². The summed E-state index contributed by atoms with van der Waals surface area (Å²) in [5, 5.41) is 8.53. The number of carbonyl (C=O) groups excluding carboxylic acids is 1. The molecule has 1 aromatic rings. The maximum Gasteiger partial charge on any atom is 0.328 e. The first-order valence-electron chi connectivity index (χ1n) is 6.19. The summed E-state index contributed by atoms with van der Waals surface area (Å²) in [5.74, 6) is -0.825. The highest BCUT2D eigenvalue weighted by Crippen LogP contribution is 2.31. The number of carboxylic acid groups (broad SMARTS) is 1. The highest BCUT2D eigenvalue weighted by Gasteiger charge is 2.39. The van der Waals surface area contributed by atoms with Crippen LogP contribution in [0.5, 0.6) is 0 Å². The summed E-state index contributed by atoms with van der Waals surface area (Å²) in [4.78, 5) is 32.1. The molecule has 3 N–H and O–H groups in total. The lowest BCUT2D eigenvalue weighted by Gasteiger charge is -2.20. The number of hydrogen-bond donors (Lipinski definition) is 2. The van der Waals surface area contributed by atoms with E-state index >= 15 is 0 Å². The Hall–Kier alpha value is -2.44. The molecule has 2 heterocycles. The first-order chi connectivity index (χ1) is 9.40. The van der Waals surface area contributed by atoms with Crippen molar-refractivity contribution in [3.63, 3.8) is 0 Å². The smallest absolute Gasteiger partial charge is 0.328 e. The maximum absolute atomic E-state index is 11.4. The van der Waals surface area contributed by atoms with Gasteiger partial charge in [0.1, 0.15) is 0 Å². The molecule has 0 spiro atoms. The van der Waals surface area contributed by atoms with Crippen LogP contribution in [0.4, 0.5) is 5.95 Å². The van der Waals surface area contributed by atoms with E-state index in [2.05, 4.69) is 9.97 Å². The predicted molar refractivity (Wildman–Crippen MR) is 72.8 cm³/mol. The number of anilines is 1. The van der Waals surface area contributed by atoms with Crippen molar-refractivity contribution in [1.82, 2.24) is 9.97 Å². The largest absolute Gasteiger partial charge is 0.478 e. The Bertz CT molecular complexity index is 555. The number of aliphatic carboxylic acids is 1. The lowest BCUT2D eigenvalue weighted by atomic mass is 9.89. The summed E-state index contributed by atoms with van der Waals surface area (Å²) in [6, 6.07) is 0. The summed E-state index contributed by atoms with van der Waals surface area (Å²) in [7, 11) is 0. The minimum absolute atomic E-state index is 0.319. The molecule has 20 heavy (non-hydrogen) atoms. The fourth-order valence-corrected chi connectivity index (χ4v) is 2.08. The molecule has 2 rings (SSSR count). The zero-order chi connectivity index (χ0) is 14.8. The van der Waals surface area contributed by atoms with Crippen LogP contribution in [-0.4, -0.2) is 40.0 Å². The molecule has 0 saturated carbocycles. The van der Waals surface area contributed by atoms with E-state index in [0.29, 0.717) is 31.0 Å². The van der Waals surface area contributed by atoms with E-state index in [9.17, 15) is 9.59 Å². The molecule has 1 aromatic heterocycles. The number of rotatable bonds is 4. The van der Waals surface area contributed by atoms with Crippen molar-refractivity contribution in [2.75, 3.05) is 18.0 Å². The second kappa shape index (κ2) is 5.28. The Morgan fingerprint density at radius 2 is 2.10 bits per heavy atom. The van der Waals surface area contributed by atoms with E-state index in [1.54, 1.807) is 12.4 Å². The molecule has 1 amide bonds. The molecular formula is C13H16N4O3. The van der Waals surface area contributed by atoms with Gasteiger partial charge in [-0.25, -0.2) is 14.8 Å².